The Morgan fingerprint density at radius 3 is 1.48 bits per heavy atom. The third-order valence-corrected chi connectivity index (χ3v) is 6.89. The molecule has 4 rings (SSSR count). The summed E-state index contributed by atoms with van der Waals surface area (Å²) in [6, 6.07) is 18.2. The number of aryl methyl sites for hydroxylation is 1. The molecular weight excluding hydrogens is 404 g/mol. The second-order valence-corrected chi connectivity index (χ2v) is 9.03. The van der Waals surface area contributed by atoms with Gasteiger partial charge in [0.15, 0.2) is 0 Å². The zero-order chi connectivity index (χ0) is 24.6. The molecule has 2 heteroatoms. The van der Waals surface area contributed by atoms with E-state index in [-0.39, 0.29) is 0 Å². The Kier molecular flexibility index (Phi) is 14.6. The molecule has 0 aliphatic heterocycles. The van der Waals surface area contributed by atoms with Gasteiger partial charge in [-0.2, -0.15) is 0 Å². The molecule has 2 aromatic carbocycles. The monoisotopic (exact) mass is 450 g/mol. The van der Waals surface area contributed by atoms with E-state index in [4.69, 9.17) is 9.39 Å². The maximum absolute atomic E-state index is 7.50. The number of hydrogen-bond acceptors (Lipinski definition) is 1. The SMILES string of the molecule is CC.CC.Cc1ccc(C2CCC(Oc3ccc(C4CCC(C)CC4)cc3)CC2)cc1.[C-]#[O+]. The molecule has 0 N–H and O–H groups in total. The van der Waals surface area contributed by atoms with E-state index < -0.39 is 0 Å². The van der Waals surface area contributed by atoms with E-state index in [1.165, 1.54) is 68.1 Å². The maximum atomic E-state index is 7.50. The van der Waals surface area contributed by atoms with Crippen LogP contribution in [0.4, 0.5) is 0 Å². The first-order valence-electron chi connectivity index (χ1n) is 13.2. The van der Waals surface area contributed by atoms with Gasteiger partial charge >= 0.3 is 11.3 Å². The molecule has 0 bridgehead atoms. The van der Waals surface area contributed by atoms with Gasteiger partial charge in [0.25, 0.3) is 0 Å². The van der Waals surface area contributed by atoms with Crippen LogP contribution >= 0.6 is 0 Å². The van der Waals surface area contributed by atoms with Crippen LogP contribution in [0.1, 0.15) is 115 Å². The van der Waals surface area contributed by atoms with Crippen molar-refractivity contribution in [3.63, 3.8) is 0 Å². The predicted octanol–water partition coefficient (Wildman–Crippen LogP) is 9.41. The summed E-state index contributed by atoms with van der Waals surface area (Å²) in [5.74, 6) is 3.45. The number of benzene rings is 2. The van der Waals surface area contributed by atoms with Gasteiger partial charge in [-0.1, -0.05) is 89.4 Å². The van der Waals surface area contributed by atoms with E-state index in [9.17, 15) is 0 Å². The molecule has 0 atom stereocenters. The molecule has 0 spiro atoms. The van der Waals surface area contributed by atoms with Gasteiger partial charge in [-0.05, 0) is 86.5 Å². The Labute approximate surface area is 203 Å². The molecule has 0 amide bonds. The first kappa shape index (κ1) is 29.0. The number of ether oxygens (including phenoxy) is 1. The fourth-order valence-corrected chi connectivity index (χ4v) is 4.96. The van der Waals surface area contributed by atoms with Crippen LogP contribution in [-0.2, 0) is 4.65 Å². The van der Waals surface area contributed by atoms with Gasteiger partial charge in [0.1, 0.15) is 5.75 Å². The standard InChI is InChI=1S/C26H34O.2C2H6.CO/c1-19-3-7-21(8-4-19)23-11-15-25(16-12-23)27-26-17-13-24(14-18-26)22-9-5-20(2)6-10-22;3*1-2/h3-4,7-8,13-14,17-18,20,22-23,25H,5-6,9-12,15-16H2,1-2H3;2*1-2H3;. The van der Waals surface area contributed by atoms with Crippen molar-refractivity contribution >= 4 is 0 Å². The van der Waals surface area contributed by atoms with Crippen molar-refractivity contribution in [3.05, 3.63) is 71.9 Å². The van der Waals surface area contributed by atoms with Crippen LogP contribution in [0, 0.1) is 19.5 Å². The topological polar surface area (TPSA) is 29.1 Å². The molecule has 182 valence electrons. The fraction of sp³-hybridized carbons (Fsp3) is 0.581. The molecule has 2 aromatic rings. The first-order valence-corrected chi connectivity index (χ1v) is 13.2. The summed E-state index contributed by atoms with van der Waals surface area (Å²) in [5.41, 5.74) is 4.37. The van der Waals surface area contributed by atoms with Crippen LogP contribution in [-0.4, -0.2) is 6.10 Å². The molecule has 2 aliphatic rings. The summed E-state index contributed by atoms with van der Waals surface area (Å²) in [5, 5.41) is 0. The van der Waals surface area contributed by atoms with E-state index in [0.717, 1.165) is 17.6 Å². The molecule has 2 nitrogen and oxygen atoms in total. The molecule has 0 aromatic heterocycles. The van der Waals surface area contributed by atoms with Crippen LogP contribution in [0.15, 0.2) is 48.5 Å². The summed E-state index contributed by atoms with van der Waals surface area (Å²) in [6.07, 6.45) is 10.7. The zero-order valence-corrected chi connectivity index (χ0v) is 21.9. The van der Waals surface area contributed by atoms with E-state index in [2.05, 4.69) is 69.0 Å². The third kappa shape index (κ3) is 9.40. The van der Waals surface area contributed by atoms with Crippen LogP contribution in [0.3, 0.4) is 0 Å². The summed E-state index contributed by atoms with van der Waals surface area (Å²) in [4.78, 5) is 0. The summed E-state index contributed by atoms with van der Waals surface area (Å²) in [7, 11) is 0. The summed E-state index contributed by atoms with van der Waals surface area (Å²) >= 11 is 0. The van der Waals surface area contributed by atoms with Crippen LogP contribution in [0.5, 0.6) is 5.75 Å². The van der Waals surface area contributed by atoms with Crippen molar-refractivity contribution in [1.29, 1.82) is 0 Å². The minimum absolute atomic E-state index is 0.382. The normalized spacial score (nSPS) is 23.9. The second kappa shape index (κ2) is 16.6. The third-order valence-electron chi connectivity index (χ3n) is 6.89. The van der Waals surface area contributed by atoms with Gasteiger partial charge in [0, 0.05) is 0 Å². The van der Waals surface area contributed by atoms with Gasteiger partial charge in [-0.15, -0.1) is 0 Å². The molecular formula is C31H46O2. The Morgan fingerprint density at radius 2 is 1.03 bits per heavy atom. The summed E-state index contributed by atoms with van der Waals surface area (Å²) in [6.45, 7) is 17.1. The van der Waals surface area contributed by atoms with Crippen LogP contribution in [0.2, 0.25) is 0 Å². The molecule has 0 saturated heterocycles. The predicted molar refractivity (Wildman–Crippen MR) is 140 cm³/mol. The molecule has 33 heavy (non-hydrogen) atoms. The Balaban J connectivity index is 0.000000841. The fourth-order valence-electron chi connectivity index (χ4n) is 4.96. The Hall–Kier alpha value is -2.02. The minimum atomic E-state index is 0.382. The Morgan fingerprint density at radius 1 is 0.636 bits per heavy atom. The van der Waals surface area contributed by atoms with Gasteiger partial charge in [0.2, 0.25) is 0 Å². The first-order chi connectivity index (χ1) is 16.2. The van der Waals surface area contributed by atoms with E-state index >= 15 is 0 Å². The summed E-state index contributed by atoms with van der Waals surface area (Å²) < 4.78 is 13.8. The van der Waals surface area contributed by atoms with E-state index in [1.54, 1.807) is 0 Å². The molecule has 2 fully saturated rings. The Bertz CT molecular complexity index is 744. The van der Waals surface area contributed by atoms with Crippen molar-refractivity contribution in [2.24, 2.45) is 5.92 Å². The van der Waals surface area contributed by atoms with Crippen molar-refractivity contribution in [3.8, 4) is 5.75 Å². The molecule has 0 radical (unpaired) electrons. The zero-order valence-electron chi connectivity index (χ0n) is 21.9. The van der Waals surface area contributed by atoms with Gasteiger partial charge in [0.05, 0.1) is 6.10 Å². The number of hydrogen-bond donors (Lipinski definition) is 0. The molecule has 2 saturated carbocycles. The van der Waals surface area contributed by atoms with Crippen molar-refractivity contribution in [2.75, 3.05) is 0 Å². The van der Waals surface area contributed by atoms with Crippen molar-refractivity contribution in [2.45, 2.75) is 111 Å². The quantitative estimate of drug-likeness (QED) is 0.337. The van der Waals surface area contributed by atoms with Crippen molar-refractivity contribution < 1.29 is 9.39 Å². The molecule has 2 aliphatic carbocycles. The second-order valence-electron chi connectivity index (χ2n) is 9.03. The van der Waals surface area contributed by atoms with Gasteiger partial charge in [-0.3, -0.25) is 0 Å². The average molecular weight is 451 g/mol. The van der Waals surface area contributed by atoms with Gasteiger partial charge < -0.3 is 4.74 Å². The average Bonchev–Trinajstić information content (AvgIpc) is 2.90. The number of rotatable bonds is 4. The van der Waals surface area contributed by atoms with Crippen molar-refractivity contribution in [1.82, 2.24) is 0 Å². The van der Waals surface area contributed by atoms with E-state index in [1.807, 2.05) is 27.7 Å². The van der Waals surface area contributed by atoms with Crippen LogP contribution in [0.25, 0.3) is 0 Å². The molecule has 0 heterocycles. The van der Waals surface area contributed by atoms with Gasteiger partial charge in [-0.25, -0.2) is 0 Å². The van der Waals surface area contributed by atoms with E-state index in [0.29, 0.717) is 12.0 Å². The van der Waals surface area contributed by atoms with Crippen LogP contribution < -0.4 is 4.74 Å². The molecule has 0 unspecified atom stereocenters.